The van der Waals surface area contributed by atoms with Gasteiger partial charge >= 0.3 is 0 Å². The highest BCUT2D eigenvalue weighted by Crippen LogP contribution is 2.52. The van der Waals surface area contributed by atoms with E-state index < -0.39 is 7.92 Å². The molecule has 266 valence electrons. The molecular formula is C42H39O9P. The zero-order valence-corrected chi connectivity index (χ0v) is 30.6. The topological polar surface area (TPSA) is 83.1 Å². The van der Waals surface area contributed by atoms with E-state index in [2.05, 4.69) is 0 Å². The Morgan fingerprint density at radius 3 is 0.692 bits per heavy atom. The van der Waals surface area contributed by atoms with Gasteiger partial charge in [-0.2, -0.15) is 0 Å². The van der Waals surface area contributed by atoms with Crippen molar-refractivity contribution in [2.75, 3.05) is 42.7 Å². The monoisotopic (exact) mass is 718 g/mol. The standard InChI is InChI=1S/C42H39O9P/c1-43-34-22-31(49-28-16-10-7-11-17-28)23-35(44-2)40(34)52(41-36(45-3)24-32(25-37(41)46-4)50-29-18-12-8-13-19-29)42-38(47-5)26-33(27-39(42)48-6)51-30-20-14-9-15-21-30/h7-27H,1-6H3. The third kappa shape index (κ3) is 7.80. The van der Waals surface area contributed by atoms with Crippen LogP contribution in [0.3, 0.4) is 0 Å². The number of hydrogen-bond acceptors (Lipinski definition) is 9. The van der Waals surface area contributed by atoms with E-state index in [4.69, 9.17) is 42.6 Å². The number of ether oxygens (including phenoxy) is 9. The van der Waals surface area contributed by atoms with Crippen molar-refractivity contribution in [3.63, 3.8) is 0 Å². The molecule has 0 unspecified atom stereocenters. The number of rotatable bonds is 15. The highest BCUT2D eigenvalue weighted by molar-refractivity contribution is 7.81. The lowest BCUT2D eigenvalue weighted by atomic mass is 10.2. The predicted molar refractivity (Wildman–Crippen MR) is 204 cm³/mol. The summed E-state index contributed by atoms with van der Waals surface area (Å²) in [6, 6.07) is 39.5. The summed E-state index contributed by atoms with van der Waals surface area (Å²) < 4.78 is 55.5. The van der Waals surface area contributed by atoms with E-state index in [9.17, 15) is 0 Å². The second kappa shape index (κ2) is 16.8. The first-order valence-electron chi connectivity index (χ1n) is 16.3. The molecule has 0 atom stereocenters. The smallest absolute Gasteiger partial charge is 0.134 e. The average Bonchev–Trinajstić information content (AvgIpc) is 3.19. The molecule has 0 aliphatic rings. The van der Waals surface area contributed by atoms with Gasteiger partial charge in [-0.25, -0.2) is 0 Å². The Hall–Kier alpha value is -6.05. The van der Waals surface area contributed by atoms with Gasteiger partial charge in [0.2, 0.25) is 0 Å². The molecule has 0 N–H and O–H groups in total. The molecule has 0 heterocycles. The fourth-order valence-electron chi connectivity index (χ4n) is 5.66. The minimum atomic E-state index is -1.74. The molecular weight excluding hydrogens is 679 g/mol. The van der Waals surface area contributed by atoms with Gasteiger partial charge in [0, 0.05) is 44.3 Å². The van der Waals surface area contributed by atoms with Crippen LogP contribution in [0.2, 0.25) is 0 Å². The van der Waals surface area contributed by atoms with E-state index >= 15 is 0 Å². The van der Waals surface area contributed by atoms with Gasteiger partial charge in [0.1, 0.15) is 69.0 Å². The van der Waals surface area contributed by atoms with Crippen LogP contribution in [0.25, 0.3) is 0 Å². The number of para-hydroxylation sites is 3. The second-order valence-corrected chi connectivity index (χ2v) is 13.1. The summed E-state index contributed by atoms with van der Waals surface area (Å²) in [6.45, 7) is 0. The fraction of sp³-hybridized carbons (Fsp3) is 0.143. The summed E-state index contributed by atoms with van der Waals surface area (Å²) in [7, 11) is 7.90. The predicted octanol–water partition coefficient (Wildman–Crippen LogP) is 8.87. The van der Waals surface area contributed by atoms with E-state index in [-0.39, 0.29) is 0 Å². The zero-order chi connectivity index (χ0) is 36.5. The summed E-state index contributed by atoms with van der Waals surface area (Å²) in [4.78, 5) is 0. The molecule has 0 radical (unpaired) electrons. The maximum atomic E-state index is 6.25. The highest BCUT2D eigenvalue weighted by atomic mass is 31.1. The summed E-state index contributed by atoms with van der Waals surface area (Å²) in [5, 5.41) is 2.09. The SMILES string of the molecule is COc1cc(Oc2ccccc2)cc(OC)c1P(c1c(OC)cc(Oc2ccccc2)cc1OC)c1c(OC)cc(Oc2ccccc2)cc1OC. The lowest BCUT2D eigenvalue weighted by Crippen LogP contribution is -2.27. The first-order chi connectivity index (χ1) is 25.5. The third-order valence-corrected chi connectivity index (χ3v) is 10.6. The van der Waals surface area contributed by atoms with Crippen molar-refractivity contribution >= 4 is 23.8 Å². The van der Waals surface area contributed by atoms with Gasteiger partial charge in [-0.1, -0.05) is 54.6 Å². The molecule has 6 aromatic carbocycles. The van der Waals surface area contributed by atoms with Crippen molar-refractivity contribution in [2.24, 2.45) is 0 Å². The molecule has 6 aromatic rings. The fourth-order valence-corrected chi connectivity index (χ4v) is 8.58. The first kappa shape index (κ1) is 35.8. The van der Waals surface area contributed by atoms with Crippen molar-refractivity contribution in [1.82, 2.24) is 0 Å². The van der Waals surface area contributed by atoms with Crippen LogP contribution in [-0.4, -0.2) is 42.7 Å². The van der Waals surface area contributed by atoms with Gasteiger partial charge in [0.15, 0.2) is 0 Å². The van der Waals surface area contributed by atoms with Crippen LogP contribution in [0.1, 0.15) is 0 Å². The van der Waals surface area contributed by atoms with E-state index in [1.807, 2.05) is 127 Å². The van der Waals surface area contributed by atoms with Crippen molar-refractivity contribution in [2.45, 2.75) is 0 Å². The Labute approximate surface area is 304 Å². The van der Waals surface area contributed by atoms with E-state index in [0.717, 1.165) is 0 Å². The summed E-state index contributed by atoms with van der Waals surface area (Å²) in [6.07, 6.45) is 0. The average molecular weight is 719 g/mol. The van der Waals surface area contributed by atoms with Gasteiger partial charge in [-0.3, -0.25) is 0 Å². The molecule has 6 rings (SSSR count). The Kier molecular flexibility index (Phi) is 11.5. The largest absolute Gasteiger partial charge is 0.496 e. The number of hydrogen-bond donors (Lipinski definition) is 0. The van der Waals surface area contributed by atoms with E-state index in [1.54, 1.807) is 42.7 Å². The molecule has 0 fully saturated rings. The Morgan fingerprint density at radius 2 is 0.500 bits per heavy atom. The van der Waals surface area contributed by atoms with E-state index in [1.165, 1.54) is 0 Å². The minimum absolute atomic E-state index is 0.499. The normalized spacial score (nSPS) is 10.7. The maximum absolute atomic E-state index is 6.25. The van der Waals surface area contributed by atoms with Gasteiger partial charge in [0.25, 0.3) is 0 Å². The summed E-state index contributed by atoms with van der Waals surface area (Å²) >= 11 is 0. The van der Waals surface area contributed by atoms with Crippen LogP contribution in [0.5, 0.6) is 69.0 Å². The van der Waals surface area contributed by atoms with E-state index in [0.29, 0.717) is 84.9 Å². The molecule has 52 heavy (non-hydrogen) atoms. The molecule has 0 amide bonds. The Morgan fingerprint density at radius 1 is 0.288 bits per heavy atom. The summed E-state index contributed by atoms with van der Waals surface area (Å²) in [5.74, 6) is 6.55. The Bertz CT molecular complexity index is 1780. The lowest BCUT2D eigenvalue weighted by Gasteiger charge is -2.29. The lowest BCUT2D eigenvalue weighted by molar-refractivity contribution is 0.390. The number of benzene rings is 6. The van der Waals surface area contributed by atoms with Crippen LogP contribution in [-0.2, 0) is 0 Å². The third-order valence-electron chi connectivity index (χ3n) is 7.97. The minimum Gasteiger partial charge on any atom is -0.496 e. The van der Waals surface area contributed by atoms with Crippen LogP contribution in [0.15, 0.2) is 127 Å². The van der Waals surface area contributed by atoms with Crippen molar-refractivity contribution in [3.05, 3.63) is 127 Å². The Balaban J connectivity index is 1.62. The summed E-state index contributed by atoms with van der Waals surface area (Å²) in [5.41, 5.74) is 0. The molecule has 0 aromatic heterocycles. The van der Waals surface area contributed by atoms with Gasteiger partial charge in [0.05, 0.1) is 58.6 Å². The second-order valence-electron chi connectivity index (χ2n) is 11.1. The maximum Gasteiger partial charge on any atom is 0.134 e. The van der Waals surface area contributed by atoms with Crippen molar-refractivity contribution < 1.29 is 42.6 Å². The molecule has 0 aliphatic carbocycles. The van der Waals surface area contributed by atoms with Gasteiger partial charge < -0.3 is 42.6 Å². The van der Waals surface area contributed by atoms with Crippen LogP contribution in [0.4, 0.5) is 0 Å². The molecule has 0 saturated carbocycles. The molecule has 0 saturated heterocycles. The van der Waals surface area contributed by atoms with Gasteiger partial charge in [-0.15, -0.1) is 0 Å². The van der Waals surface area contributed by atoms with Crippen LogP contribution in [0, 0.1) is 0 Å². The van der Waals surface area contributed by atoms with Crippen LogP contribution < -0.4 is 58.5 Å². The van der Waals surface area contributed by atoms with Crippen LogP contribution >= 0.6 is 7.92 Å². The zero-order valence-electron chi connectivity index (χ0n) is 29.7. The molecule has 0 aliphatic heterocycles. The highest BCUT2D eigenvalue weighted by Gasteiger charge is 2.36. The first-order valence-corrected chi connectivity index (χ1v) is 17.6. The number of methoxy groups -OCH3 is 6. The quantitative estimate of drug-likeness (QED) is 0.0968. The molecule has 0 spiro atoms. The molecule has 9 nitrogen and oxygen atoms in total. The van der Waals surface area contributed by atoms with Crippen molar-refractivity contribution in [1.29, 1.82) is 0 Å². The molecule has 10 heteroatoms. The molecule has 0 bridgehead atoms. The van der Waals surface area contributed by atoms with Crippen molar-refractivity contribution in [3.8, 4) is 69.0 Å². The van der Waals surface area contributed by atoms with Gasteiger partial charge in [-0.05, 0) is 36.4 Å².